The summed E-state index contributed by atoms with van der Waals surface area (Å²) in [6, 6.07) is 4.09. The van der Waals surface area contributed by atoms with Crippen LogP contribution < -0.4 is 5.32 Å². The summed E-state index contributed by atoms with van der Waals surface area (Å²) >= 11 is 1.70. The fourth-order valence-electron chi connectivity index (χ4n) is 1.70. The molecule has 1 aliphatic heterocycles. The van der Waals surface area contributed by atoms with E-state index in [0.717, 1.165) is 19.5 Å². The van der Waals surface area contributed by atoms with Gasteiger partial charge in [-0.3, -0.25) is 4.79 Å². The van der Waals surface area contributed by atoms with Crippen molar-refractivity contribution in [3.63, 3.8) is 0 Å². The lowest BCUT2D eigenvalue weighted by Gasteiger charge is -2.31. The van der Waals surface area contributed by atoms with Crippen LogP contribution in [0.2, 0.25) is 0 Å². The van der Waals surface area contributed by atoms with E-state index in [1.54, 1.807) is 11.3 Å². The minimum atomic E-state index is -0.0527. The highest BCUT2D eigenvalue weighted by molar-refractivity contribution is 7.09. The smallest absolute Gasteiger partial charge is 0.309 e. The zero-order valence-electron chi connectivity index (χ0n) is 9.44. The van der Waals surface area contributed by atoms with Gasteiger partial charge in [0.1, 0.15) is 0 Å². The van der Waals surface area contributed by atoms with Crippen LogP contribution >= 0.6 is 11.3 Å². The maximum atomic E-state index is 11.7. The maximum Gasteiger partial charge on any atom is 0.309 e. The Morgan fingerprint density at radius 3 is 3.06 bits per heavy atom. The first kappa shape index (κ1) is 11.6. The molecule has 4 heteroatoms. The number of hydrogen-bond acceptors (Lipinski definition) is 4. The van der Waals surface area contributed by atoms with Crippen LogP contribution in [0.15, 0.2) is 17.5 Å². The van der Waals surface area contributed by atoms with E-state index in [1.807, 2.05) is 18.4 Å². The molecule has 0 spiro atoms. The minimum absolute atomic E-state index is 0.0320. The van der Waals surface area contributed by atoms with Gasteiger partial charge in [-0.1, -0.05) is 13.0 Å². The molecule has 0 radical (unpaired) electrons. The van der Waals surface area contributed by atoms with Gasteiger partial charge in [-0.25, -0.2) is 0 Å². The minimum Gasteiger partial charge on any atom is -0.465 e. The molecule has 1 aromatic rings. The molecule has 0 aromatic carbocycles. The Morgan fingerprint density at radius 2 is 2.50 bits per heavy atom. The van der Waals surface area contributed by atoms with E-state index in [-0.39, 0.29) is 11.9 Å². The Morgan fingerprint density at radius 1 is 1.69 bits per heavy atom. The molecule has 1 unspecified atom stereocenters. The van der Waals surface area contributed by atoms with Crippen LogP contribution in [0.1, 0.15) is 11.8 Å². The van der Waals surface area contributed by atoms with Crippen molar-refractivity contribution >= 4 is 17.3 Å². The van der Waals surface area contributed by atoms with Crippen molar-refractivity contribution in [2.24, 2.45) is 11.8 Å². The number of esters is 1. The summed E-state index contributed by atoms with van der Waals surface area (Å²) in [6.07, 6.45) is 0.832. The van der Waals surface area contributed by atoms with E-state index < -0.39 is 0 Å². The van der Waals surface area contributed by atoms with E-state index in [1.165, 1.54) is 4.88 Å². The highest BCUT2D eigenvalue weighted by atomic mass is 32.1. The monoisotopic (exact) mass is 239 g/mol. The van der Waals surface area contributed by atoms with E-state index >= 15 is 0 Å². The summed E-state index contributed by atoms with van der Waals surface area (Å²) in [7, 11) is 0. The molecule has 0 bridgehead atoms. The third kappa shape index (κ3) is 2.83. The molecule has 16 heavy (non-hydrogen) atoms. The lowest BCUT2D eigenvalue weighted by Crippen LogP contribution is -2.47. The Bertz CT molecular complexity index is 333. The predicted molar refractivity (Wildman–Crippen MR) is 64.5 cm³/mol. The molecule has 1 aromatic heterocycles. The lowest BCUT2D eigenvalue weighted by molar-refractivity contribution is -0.150. The topological polar surface area (TPSA) is 38.3 Å². The van der Waals surface area contributed by atoms with Crippen molar-refractivity contribution in [1.82, 2.24) is 5.32 Å². The van der Waals surface area contributed by atoms with Gasteiger partial charge < -0.3 is 10.1 Å². The summed E-state index contributed by atoms with van der Waals surface area (Å²) in [4.78, 5) is 12.9. The van der Waals surface area contributed by atoms with Gasteiger partial charge in [-0.15, -0.1) is 11.3 Å². The van der Waals surface area contributed by atoms with Crippen LogP contribution in [0.4, 0.5) is 0 Å². The SMILES string of the molecule is CC(C(=O)OCCc1cccs1)C1CNC1. The molecule has 0 saturated carbocycles. The highest BCUT2D eigenvalue weighted by Crippen LogP contribution is 2.17. The second-order valence-corrected chi connectivity index (χ2v) is 5.24. The molecular weight excluding hydrogens is 222 g/mol. The molecule has 1 saturated heterocycles. The first-order valence-electron chi connectivity index (χ1n) is 5.67. The molecule has 1 fully saturated rings. The van der Waals surface area contributed by atoms with Crippen LogP contribution in [0, 0.1) is 11.8 Å². The first-order valence-corrected chi connectivity index (χ1v) is 6.55. The van der Waals surface area contributed by atoms with Crippen molar-refractivity contribution in [1.29, 1.82) is 0 Å². The number of ether oxygens (including phenoxy) is 1. The van der Waals surface area contributed by atoms with Crippen molar-refractivity contribution in [2.45, 2.75) is 13.3 Å². The summed E-state index contributed by atoms with van der Waals surface area (Å²) in [5.74, 6) is 0.446. The van der Waals surface area contributed by atoms with Gasteiger partial charge in [0.05, 0.1) is 12.5 Å². The zero-order chi connectivity index (χ0) is 11.4. The standard InChI is InChI=1S/C12H17NO2S/c1-9(10-7-13-8-10)12(14)15-5-4-11-3-2-6-16-11/h2-3,6,9-10,13H,4-5,7-8H2,1H3. The van der Waals surface area contributed by atoms with Gasteiger partial charge in [0.15, 0.2) is 0 Å². The largest absolute Gasteiger partial charge is 0.465 e. The van der Waals surface area contributed by atoms with Crippen LogP contribution in [0.5, 0.6) is 0 Å². The molecule has 3 nitrogen and oxygen atoms in total. The van der Waals surface area contributed by atoms with Gasteiger partial charge in [0, 0.05) is 11.3 Å². The average Bonchev–Trinajstić information content (AvgIpc) is 2.67. The van der Waals surface area contributed by atoms with Crippen molar-refractivity contribution < 1.29 is 9.53 Å². The molecule has 2 heterocycles. The summed E-state index contributed by atoms with van der Waals surface area (Å²) in [6.45, 7) is 4.35. The van der Waals surface area contributed by atoms with E-state index in [9.17, 15) is 4.79 Å². The van der Waals surface area contributed by atoms with Crippen molar-refractivity contribution in [3.05, 3.63) is 22.4 Å². The molecule has 88 valence electrons. The maximum absolute atomic E-state index is 11.7. The van der Waals surface area contributed by atoms with Gasteiger partial charge >= 0.3 is 5.97 Å². The number of nitrogens with one attached hydrogen (secondary N) is 1. The van der Waals surface area contributed by atoms with Crippen LogP contribution in [-0.4, -0.2) is 25.7 Å². The van der Waals surface area contributed by atoms with E-state index in [0.29, 0.717) is 12.5 Å². The number of thiophene rings is 1. The number of carbonyl (C=O) groups is 1. The second kappa shape index (κ2) is 5.46. The summed E-state index contributed by atoms with van der Waals surface area (Å²) < 4.78 is 5.27. The predicted octanol–water partition coefficient (Wildman–Crippen LogP) is 1.69. The van der Waals surface area contributed by atoms with Crippen LogP contribution in [0.3, 0.4) is 0 Å². The third-order valence-electron chi connectivity index (χ3n) is 3.06. The fourth-order valence-corrected chi connectivity index (χ4v) is 2.39. The molecule has 0 amide bonds. The number of hydrogen-bond donors (Lipinski definition) is 1. The second-order valence-electron chi connectivity index (χ2n) is 4.20. The van der Waals surface area contributed by atoms with Gasteiger partial charge in [0.25, 0.3) is 0 Å². The van der Waals surface area contributed by atoms with Gasteiger partial charge in [0.2, 0.25) is 0 Å². The van der Waals surface area contributed by atoms with Crippen LogP contribution in [0.25, 0.3) is 0 Å². The zero-order valence-corrected chi connectivity index (χ0v) is 10.3. The number of rotatable bonds is 5. The molecular formula is C12H17NO2S. The van der Waals surface area contributed by atoms with Gasteiger partial charge in [-0.05, 0) is 30.5 Å². The quantitative estimate of drug-likeness (QED) is 0.795. The first-order chi connectivity index (χ1) is 7.77. The molecule has 0 aliphatic carbocycles. The number of carbonyl (C=O) groups excluding carboxylic acids is 1. The molecule has 1 aliphatic rings. The highest BCUT2D eigenvalue weighted by Gasteiger charge is 2.29. The van der Waals surface area contributed by atoms with E-state index in [2.05, 4.69) is 11.4 Å². The Kier molecular flexibility index (Phi) is 3.96. The van der Waals surface area contributed by atoms with E-state index in [4.69, 9.17) is 4.74 Å². The Balaban J connectivity index is 1.67. The van der Waals surface area contributed by atoms with Crippen molar-refractivity contribution in [3.8, 4) is 0 Å². The van der Waals surface area contributed by atoms with Gasteiger partial charge in [-0.2, -0.15) is 0 Å². The average molecular weight is 239 g/mol. The third-order valence-corrected chi connectivity index (χ3v) is 4.00. The fraction of sp³-hybridized carbons (Fsp3) is 0.583. The molecule has 1 atom stereocenters. The normalized spacial score (nSPS) is 17.8. The molecule has 1 N–H and O–H groups in total. The Labute approximate surface area is 99.8 Å². The molecule has 2 rings (SSSR count). The summed E-state index contributed by atoms with van der Waals surface area (Å²) in [5, 5.41) is 5.21. The summed E-state index contributed by atoms with van der Waals surface area (Å²) in [5.41, 5.74) is 0. The Hall–Kier alpha value is -0.870. The lowest BCUT2D eigenvalue weighted by atomic mass is 9.89. The van der Waals surface area contributed by atoms with Crippen LogP contribution in [-0.2, 0) is 16.0 Å². The van der Waals surface area contributed by atoms with Crippen molar-refractivity contribution in [2.75, 3.05) is 19.7 Å².